The van der Waals surface area contributed by atoms with E-state index in [2.05, 4.69) is 48.5 Å². The van der Waals surface area contributed by atoms with Crippen molar-refractivity contribution in [2.75, 3.05) is 39.6 Å². The van der Waals surface area contributed by atoms with Crippen LogP contribution in [0.3, 0.4) is 0 Å². The fourth-order valence-electron chi connectivity index (χ4n) is 13.5. The van der Waals surface area contributed by atoms with Gasteiger partial charge in [0, 0.05) is 25.7 Å². The molecule has 0 heterocycles. The van der Waals surface area contributed by atoms with E-state index in [0.29, 0.717) is 25.7 Å². The van der Waals surface area contributed by atoms with Gasteiger partial charge in [-0.05, 0) is 43.4 Å². The first kappa shape index (κ1) is 104. The van der Waals surface area contributed by atoms with Gasteiger partial charge in [-0.25, -0.2) is 9.13 Å². The van der Waals surface area contributed by atoms with E-state index < -0.39 is 97.5 Å². The molecule has 0 saturated heterocycles. The predicted molar refractivity (Wildman–Crippen MR) is 437 cm³/mol. The third kappa shape index (κ3) is 80.1. The lowest BCUT2D eigenvalue weighted by molar-refractivity contribution is -0.161. The first-order valence-electron chi connectivity index (χ1n) is 44.8. The number of rotatable bonds is 85. The molecule has 0 radical (unpaired) electrons. The average Bonchev–Trinajstić information content (AvgIpc) is 0.900. The molecule has 2 unspecified atom stereocenters. The molecule has 0 aromatic rings. The van der Waals surface area contributed by atoms with E-state index >= 15 is 0 Å². The molecule has 630 valence electrons. The van der Waals surface area contributed by atoms with Crippen LogP contribution in [0, 0.1) is 17.8 Å². The van der Waals surface area contributed by atoms with Crippen LogP contribution in [0.1, 0.15) is 459 Å². The molecule has 106 heavy (non-hydrogen) atoms. The molecule has 0 amide bonds. The molecule has 19 heteroatoms. The Morgan fingerprint density at radius 1 is 0.255 bits per heavy atom. The zero-order chi connectivity index (χ0) is 77.9. The van der Waals surface area contributed by atoms with E-state index in [0.717, 1.165) is 108 Å². The van der Waals surface area contributed by atoms with Gasteiger partial charge in [0.15, 0.2) is 12.2 Å². The smallest absolute Gasteiger partial charge is 0.462 e. The number of ether oxygens (including phenoxy) is 4. The highest BCUT2D eigenvalue weighted by Gasteiger charge is 2.30. The van der Waals surface area contributed by atoms with E-state index in [1.807, 2.05) is 0 Å². The maximum absolute atomic E-state index is 13.2. The standard InChI is InChI=1S/C87H170O17P2/c1-8-9-10-11-12-13-14-33-40-47-54-61-68-84(89)97-74-82(104-87(92)71-64-57-50-43-36-29-23-26-32-39-46-53-60-67-80(6)7)76-101-105(93,94)99-72-81(88)73-100-106(95,96)102-77-83(75-98-85(90)69-62-55-48-41-34-27-22-21-25-31-38-45-52-59-66-79(4)5)103-86(91)70-63-56-49-42-35-28-20-18-16-15-17-19-24-30-37-44-51-58-65-78(2)3/h78-83,88H,8-77H2,1-7H3,(H,93,94)(H,95,96)/t81-,82+,83+/m0/s1. The number of phosphoric ester groups is 2. The molecule has 0 aromatic heterocycles. The summed E-state index contributed by atoms with van der Waals surface area (Å²) in [7, 11) is -9.93. The maximum Gasteiger partial charge on any atom is 0.472 e. The van der Waals surface area contributed by atoms with Crippen LogP contribution in [0.25, 0.3) is 0 Å². The van der Waals surface area contributed by atoms with Crippen molar-refractivity contribution in [1.29, 1.82) is 0 Å². The highest BCUT2D eigenvalue weighted by atomic mass is 31.2. The first-order valence-corrected chi connectivity index (χ1v) is 47.8. The predicted octanol–water partition coefficient (Wildman–Crippen LogP) is 26.5. The van der Waals surface area contributed by atoms with E-state index in [4.69, 9.17) is 37.0 Å². The third-order valence-electron chi connectivity index (χ3n) is 20.4. The zero-order valence-corrected chi connectivity index (χ0v) is 71.7. The second-order valence-electron chi connectivity index (χ2n) is 32.7. The molecule has 0 spiro atoms. The second-order valence-corrected chi connectivity index (χ2v) is 35.6. The number of aliphatic hydroxyl groups excluding tert-OH is 1. The summed E-state index contributed by atoms with van der Waals surface area (Å²) in [5, 5.41) is 10.7. The van der Waals surface area contributed by atoms with Crippen LogP contribution in [-0.4, -0.2) is 96.7 Å². The number of esters is 4. The van der Waals surface area contributed by atoms with Crippen LogP contribution in [0.5, 0.6) is 0 Å². The number of phosphoric acid groups is 2. The number of hydrogen-bond acceptors (Lipinski definition) is 15. The molecule has 0 bridgehead atoms. The van der Waals surface area contributed by atoms with Gasteiger partial charge < -0.3 is 33.8 Å². The van der Waals surface area contributed by atoms with Crippen molar-refractivity contribution in [3.63, 3.8) is 0 Å². The lowest BCUT2D eigenvalue weighted by atomic mass is 10.0. The summed E-state index contributed by atoms with van der Waals surface area (Å²) in [6, 6.07) is 0. The maximum atomic E-state index is 13.2. The van der Waals surface area contributed by atoms with Gasteiger partial charge in [0.1, 0.15) is 19.3 Å². The fraction of sp³-hybridized carbons (Fsp3) is 0.954. The molecule has 5 atom stereocenters. The Hall–Kier alpha value is -1.94. The SMILES string of the molecule is CCCCCCCCCCCCCCC(=O)OC[C@H](COP(=O)(O)OC[C@H](O)COP(=O)(O)OC[C@@H](COC(=O)CCCCCCCCCCCCCCCCC(C)C)OC(=O)CCCCCCCCCCCCCCCCCCCCC(C)C)OC(=O)CCCCCCCCCCCCCCCC(C)C. The Balaban J connectivity index is 5.25. The monoisotopic (exact) mass is 1550 g/mol. The van der Waals surface area contributed by atoms with E-state index in [1.54, 1.807) is 0 Å². The summed E-state index contributed by atoms with van der Waals surface area (Å²) in [6.45, 7) is 12.1. The number of hydrogen-bond donors (Lipinski definition) is 3. The van der Waals surface area contributed by atoms with Crippen LogP contribution in [0.15, 0.2) is 0 Å². The summed E-state index contributed by atoms with van der Waals surface area (Å²) < 4.78 is 69.0. The number of unbranched alkanes of at least 4 members (excludes halogenated alkanes) is 53. The van der Waals surface area contributed by atoms with Crippen molar-refractivity contribution in [1.82, 2.24) is 0 Å². The van der Waals surface area contributed by atoms with Crippen molar-refractivity contribution in [2.45, 2.75) is 478 Å². The molecule has 0 aliphatic heterocycles. The lowest BCUT2D eigenvalue weighted by Gasteiger charge is -2.21. The summed E-state index contributed by atoms with van der Waals surface area (Å²) in [5.74, 6) is 0.305. The van der Waals surface area contributed by atoms with Crippen LogP contribution < -0.4 is 0 Å². The molecule has 0 fully saturated rings. The molecule has 0 saturated carbocycles. The largest absolute Gasteiger partial charge is 0.472 e. The van der Waals surface area contributed by atoms with Crippen molar-refractivity contribution < 1.29 is 80.2 Å². The summed E-state index contributed by atoms with van der Waals surface area (Å²) >= 11 is 0. The van der Waals surface area contributed by atoms with Gasteiger partial charge in [0.2, 0.25) is 0 Å². The topological polar surface area (TPSA) is 237 Å². The van der Waals surface area contributed by atoms with E-state index in [9.17, 15) is 43.2 Å². The summed E-state index contributed by atoms with van der Waals surface area (Å²) in [5.41, 5.74) is 0. The summed E-state index contributed by atoms with van der Waals surface area (Å²) in [4.78, 5) is 73.3. The minimum absolute atomic E-state index is 0.108. The van der Waals surface area contributed by atoms with Crippen molar-refractivity contribution in [2.24, 2.45) is 17.8 Å². The molecular weight excluding hydrogens is 1380 g/mol. The van der Waals surface area contributed by atoms with Crippen LogP contribution in [-0.2, 0) is 65.4 Å². The Morgan fingerprint density at radius 2 is 0.434 bits per heavy atom. The van der Waals surface area contributed by atoms with Crippen molar-refractivity contribution in [3.05, 3.63) is 0 Å². The normalized spacial score (nSPS) is 13.9. The lowest BCUT2D eigenvalue weighted by Crippen LogP contribution is -2.30. The number of carbonyl (C=O) groups is 4. The van der Waals surface area contributed by atoms with Gasteiger partial charge in [-0.2, -0.15) is 0 Å². The second kappa shape index (κ2) is 77.0. The Bertz CT molecular complexity index is 2040. The number of aliphatic hydroxyl groups is 1. The molecule has 0 aliphatic carbocycles. The van der Waals surface area contributed by atoms with E-state index in [1.165, 1.54) is 270 Å². The number of carbonyl (C=O) groups excluding carboxylic acids is 4. The molecule has 0 rings (SSSR count). The molecular formula is C87H170O17P2. The quantitative estimate of drug-likeness (QED) is 0.0222. The van der Waals surface area contributed by atoms with Gasteiger partial charge in [0.25, 0.3) is 0 Å². The van der Waals surface area contributed by atoms with Crippen LogP contribution in [0.2, 0.25) is 0 Å². The highest BCUT2D eigenvalue weighted by molar-refractivity contribution is 7.47. The Kier molecular flexibility index (Phi) is 75.6. The summed E-state index contributed by atoms with van der Waals surface area (Å²) in [6.07, 6.45) is 67.9. The van der Waals surface area contributed by atoms with Crippen LogP contribution >= 0.6 is 15.6 Å². The first-order chi connectivity index (χ1) is 51.2. The van der Waals surface area contributed by atoms with Crippen molar-refractivity contribution in [3.8, 4) is 0 Å². The Labute approximate surface area is 651 Å². The van der Waals surface area contributed by atoms with Gasteiger partial charge in [-0.1, -0.05) is 408 Å². The minimum atomic E-state index is -4.97. The third-order valence-corrected chi connectivity index (χ3v) is 22.3. The van der Waals surface area contributed by atoms with Crippen LogP contribution in [0.4, 0.5) is 0 Å². The van der Waals surface area contributed by atoms with Crippen molar-refractivity contribution >= 4 is 39.5 Å². The molecule has 0 aliphatic rings. The van der Waals surface area contributed by atoms with Gasteiger partial charge in [-0.15, -0.1) is 0 Å². The average molecular weight is 1550 g/mol. The molecule has 17 nitrogen and oxygen atoms in total. The molecule has 0 aromatic carbocycles. The minimum Gasteiger partial charge on any atom is -0.462 e. The highest BCUT2D eigenvalue weighted by Crippen LogP contribution is 2.45. The molecule has 3 N–H and O–H groups in total. The Morgan fingerprint density at radius 3 is 0.642 bits per heavy atom. The van der Waals surface area contributed by atoms with Gasteiger partial charge in [0.05, 0.1) is 26.4 Å². The van der Waals surface area contributed by atoms with Gasteiger partial charge in [-0.3, -0.25) is 37.3 Å². The fourth-order valence-corrected chi connectivity index (χ4v) is 15.1. The van der Waals surface area contributed by atoms with Gasteiger partial charge >= 0.3 is 39.5 Å². The zero-order valence-electron chi connectivity index (χ0n) is 69.9. The van der Waals surface area contributed by atoms with E-state index in [-0.39, 0.29) is 25.7 Å².